The van der Waals surface area contributed by atoms with E-state index in [1.807, 2.05) is 62.4 Å². The second kappa shape index (κ2) is 7.61. The van der Waals surface area contributed by atoms with Crippen LogP contribution in [-0.2, 0) is 6.54 Å². The summed E-state index contributed by atoms with van der Waals surface area (Å²) in [5, 5.41) is 15.6. The van der Waals surface area contributed by atoms with Crippen molar-refractivity contribution in [2.75, 3.05) is 11.9 Å². The summed E-state index contributed by atoms with van der Waals surface area (Å²) in [5.41, 5.74) is 2.22. The van der Waals surface area contributed by atoms with Crippen molar-refractivity contribution in [3.05, 3.63) is 65.6 Å². The van der Waals surface area contributed by atoms with Crippen LogP contribution in [0, 0.1) is 0 Å². The number of carbonyl (C=O) groups excluding carboxylic acids is 1. The molecule has 0 unspecified atom stereocenters. The van der Waals surface area contributed by atoms with Gasteiger partial charge in [-0.3, -0.25) is 4.79 Å². The first-order valence-corrected chi connectivity index (χ1v) is 8.09. The molecule has 25 heavy (non-hydrogen) atoms. The van der Waals surface area contributed by atoms with Gasteiger partial charge in [0, 0.05) is 13.1 Å². The van der Waals surface area contributed by atoms with Crippen LogP contribution < -0.4 is 10.6 Å². The van der Waals surface area contributed by atoms with Crippen molar-refractivity contribution in [3.8, 4) is 0 Å². The van der Waals surface area contributed by atoms with Gasteiger partial charge < -0.3 is 15.1 Å². The lowest BCUT2D eigenvalue weighted by molar-refractivity contribution is 0.0917. The molecule has 0 saturated carbocycles. The van der Waals surface area contributed by atoms with Gasteiger partial charge in [0.05, 0.1) is 0 Å². The number of nitrogens with one attached hydrogen (secondary N) is 2. The topological polar surface area (TPSA) is 80.0 Å². The molecule has 1 amide bonds. The standard InChI is InChI=1S/C19H20N4O2/c1-13(2)10-11-20-19-23-22-18(25-19)17(24)21-12-15-8-5-7-14-6-3-4-9-16(14)15/h3-10H,11-12H2,1-2H3,(H,20,23)(H,21,24). The van der Waals surface area contributed by atoms with Gasteiger partial charge in [-0.1, -0.05) is 59.2 Å². The van der Waals surface area contributed by atoms with Crippen LogP contribution in [0.1, 0.15) is 30.1 Å². The molecule has 0 aliphatic rings. The van der Waals surface area contributed by atoms with E-state index >= 15 is 0 Å². The largest absolute Gasteiger partial charge is 0.399 e. The van der Waals surface area contributed by atoms with Gasteiger partial charge in [0.1, 0.15) is 0 Å². The quantitative estimate of drug-likeness (QED) is 0.673. The van der Waals surface area contributed by atoms with Gasteiger partial charge in [0.2, 0.25) is 0 Å². The molecular formula is C19H20N4O2. The van der Waals surface area contributed by atoms with Crippen LogP contribution in [0.3, 0.4) is 0 Å². The molecule has 1 heterocycles. The van der Waals surface area contributed by atoms with Crippen LogP contribution in [0.25, 0.3) is 10.8 Å². The third-order valence-corrected chi connectivity index (χ3v) is 3.70. The van der Waals surface area contributed by atoms with Gasteiger partial charge >= 0.3 is 17.8 Å². The van der Waals surface area contributed by atoms with E-state index in [1.165, 1.54) is 5.57 Å². The fourth-order valence-corrected chi connectivity index (χ4v) is 2.43. The van der Waals surface area contributed by atoms with Crippen molar-refractivity contribution in [2.24, 2.45) is 0 Å². The molecule has 2 aromatic carbocycles. The number of aromatic nitrogens is 2. The Morgan fingerprint density at radius 1 is 1.12 bits per heavy atom. The van der Waals surface area contributed by atoms with Gasteiger partial charge in [0.15, 0.2) is 0 Å². The molecule has 0 atom stereocenters. The fraction of sp³-hybridized carbons (Fsp3) is 0.211. The monoisotopic (exact) mass is 336 g/mol. The Hall–Kier alpha value is -3.15. The molecule has 0 saturated heterocycles. The minimum Gasteiger partial charge on any atom is -0.399 e. The number of nitrogens with zero attached hydrogens (tertiary/aromatic N) is 2. The maximum Gasteiger partial charge on any atom is 0.316 e. The Labute approximate surface area is 145 Å². The van der Waals surface area contributed by atoms with Crippen molar-refractivity contribution >= 4 is 22.7 Å². The highest BCUT2D eigenvalue weighted by atomic mass is 16.4. The molecule has 0 bridgehead atoms. The molecule has 0 aliphatic heterocycles. The van der Waals surface area contributed by atoms with Crippen LogP contribution >= 0.6 is 0 Å². The zero-order valence-electron chi connectivity index (χ0n) is 14.2. The lowest BCUT2D eigenvalue weighted by atomic mass is 10.0. The Bertz CT molecular complexity index is 905. The zero-order chi connectivity index (χ0) is 17.6. The molecule has 2 N–H and O–H groups in total. The molecule has 3 aromatic rings. The Balaban J connectivity index is 1.63. The summed E-state index contributed by atoms with van der Waals surface area (Å²) in [5.74, 6) is -0.448. The molecule has 0 spiro atoms. The highest BCUT2D eigenvalue weighted by Crippen LogP contribution is 2.18. The Morgan fingerprint density at radius 2 is 1.92 bits per heavy atom. The number of amides is 1. The van der Waals surface area contributed by atoms with Gasteiger partial charge in [-0.25, -0.2) is 0 Å². The van der Waals surface area contributed by atoms with E-state index in [4.69, 9.17) is 4.42 Å². The number of allylic oxidation sites excluding steroid dienone is 1. The molecular weight excluding hydrogens is 316 g/mol. The van der Waals surface area contributed by atoms with Crippen LogP contribution in [-0.4, -0.2) is 22.6 Å². The second-order valence-corrected chi connectivity index (χ2v) is 5.90. The van der Waals surface area contributed by atoms with E-state index in [-0.39, 0.29) is 11.9 Å². The summed E-state index contributed by atoms with van der Waals surface area (Å²) in [4.78, 5) is 12.2. The number of carbonyl (C=O) groups is 1. The Morgan fingerprint density at radius 3 is 2.76 bits per heavy atom. The van der Waals surface area contributed by atoms with Crippen molar-refractivity contribution in [1.82, 2.24) is 15.5 Å². The molecule has 0 radical (unpaired) electrons. The average Bonchev–Trinajstić information content (AvgIpc) is 3.08. The van der Waals surface area contributed by atoms with Crippen molar-refractivity contribution in [1.29, 1.82) is 0 Å². The maximum absolute atomic E-state index is 12.2. The Kier molecular flexibility index (Phi) is 5.09. The summed E-state index contributed by atoms with van der Waals surface area (Å²) in [7, 11) is 0. The molecule has 128 valence electrons. The van der Waals surface area contributed by atoms with Gasteiger partial charge in [-0.15, -0.1) is 5.10 Å². The van der Waals surface area contributed by atoms with E-state index in [9.17, 15) is 4.79 Å². The molecule has 1 aromatic heterocycles. The fourth-order valence-electron chi connectivity index (χ4n) is 2.43. The van der Waals surface area contributed by atoms with Crippen LogP contribution in [0.4, 0.5) is 6.01 Å². The SMILES string of the molecule is CC(C)=CCNc1nnc(C(=O)NCc2cccc3ccccc23)o1. The van der Waals surface area contributed by atoms with E-state index in [2.05, 4.69) is 20.8 Å². The molecule has 6 heteroatoms. The lowest BCUT2D eigenvalue weighted by Crippen LogP contribution is -2.23. The van der Waals surface area contributed by atoms with Crippen LogP contribution in [0.15, 0.2) is 58.5 Å². The van der Waals surface area contributed by atoms with Crippen molar-refractivity contribution < 1.29 is 9.21 Å². The zero-order valence-corrected chi connectivity index (χ0v) is 14.2. The minimum atomic E-state index is -0.393. The van der Waals surface area contributed by atoms with Crippen LogP contribution in [0.5, 0.6) is 0 Å². The minimum absolute atomic E-state index is 0.0556. The van der Waals surface area contributed by atoms with Gasteiger partial charge in [-0.2, -0.15) is 0 Å². The lowest BCUT2D eigenvalue weighted by Gasteiger charge is -2.07. The van der Waals surface area contributed by atoms with Crippen LogP contribution in [0.2, 0.25) is 0 Å². The summed E-state index contributed by atoms with van der Waals surface area (Å²) in [6.07, 6.45) is 1.99. The summed E-state index contributed by atoms with van der Waals surface area (Å²) in [6.45, 7) is 4.97. The number of fused-ring (bicyclic) bond motifs is 1. The highest BCUT2D eigenvalue weighted by Gasteiger charge is 2.14. The number of anilines is 1. The molecule has 3 rings (SSSR count). The molecule has 0 aliphatic carbocycles. The number of rotatable bonds is 6. The maximum atomic E-state index is 12.2. The van der Waals surface area contributed by atoms with E-state index in [0.29, 0.717) is 13.1 Å². The highest BCUT2D eigenvalue weighted by molar-refractivity contribution is 5.90. The third kappa shape index (κ3) is 4.23. The average molecular weight is 336 g/mol. The van der Waals surface area contributed by atoms with E-state index in [1.54, 1.807) is 0 Å². The first kappa shape index (κ1) is 16.7. The summed E-state index contributed by atoms with van der Waals surface area (Å²) in [6, 6.07) is 14.3. The summed E-state index contributed by atoms with van der Waals surface area (Å²) >= 11 is 0. The van der Waals surface area contributed by atoms with Gasteiger partial charge in [0.25, 0.3) is 0 Å². The predicted octanol–water partition coefficient (Wildman–Crippen LogP) is 3.53. The molecule has 6 nitrogen and oxygen atoms in total. The van der Waals surface area contributed by atoms with Crippen molar-refractivity contribution in [3.63, 3.8) is 0 Å². The van der Waals surface area contributed by atoms with Gasteiger partial charge in [-0.05, 0) is 30.2 Å². The summed E-state index contributed by atoms with van der Waals surface area (Å²) < 4.78 is 5.33. The number of benzene rings is 2. The van der Waals surface area contributed by atoms with E-state index in [0.717, 1.165) is 16.3 Å². The smallest absolute Gasteiger partial charge is 0.316 e. The van der Waals surface area contributed by atoms with E-state index < -0.39 is 5.91 Å². The third-order valence-electron chi connectivity index (χ3n) is 3.70. The predicted molar refractivity (Wildman–Crippen MR) is 97.3 cm³/mol. The normalized spacial score (nSPS) is 10.5. The first-order chi connectivity index (χ1) is 12.1. The molecule has 0 fully saturated rings. The first-order valence-electron chi connectivity index (χ1n) is 8.09. The number of hydrogen-bond acceptors (Lipinski definition) is 5. The number of hydrogen-bond donors (Lipinski definition) is 2. The van der Waals surface area contributed by atoms with Crippen molar-refractivity contribution in [2.45, 2.75) is 20.4 Å². The second-order valence-electron chi connectivity index (χ2n) is 5.90.